The average Bonchev–Trinajstić information content (AvgIpc) is 3.04. The van der Waals surface area contributed by atoms with E-state index in [2.05, 4.69) is 37.0 Å². The van der Waals surface area contributed by atoms with Gasteiger partial charge >= 0.3 is 0 Å². The normalized spacial score (nSPS) is 27.7. The van der Waals surface area contributed by atoms with Gasteiger partial charge in [0.2, 0.25) is 11.8 Å². The molecule has 27 heavy (non-hydrogen) atoms. The molecule has 1 N–H and O–H groups in total. The summed E-state index contributed by atoms with van der Waals surface area (Å²) in [6, 6.07) is 7.68. The quantitative estimate of drug-likeness (QED) is 0.887. The van der Waals surface area contributed by atoms with Crippen LogP contribution in [0.2, 0.25) is 0 Å². The Hall–Kier alpha value is -2.30. The highest BCUT2D eigenvalue weighted by Gasteiger charge is 2.52. The highest BCUT2D eigenvalue weighted by molar-refractivity contribution is 5.99. The number of carbonyl (C=O) groups excluding carboxylic acids is 2. The van der Waals surface area contributed by atoms with E-state index >= 15 is 0 Å². The summed E-state index contributed by atoms with van der Waals surface area (Å²) in [5.41, 5.74) is 3.48. The van der Waals surface area contributed by atoms with Crippen molar-refractivity contribution in [1.82, 2.24) is 14.8 Å². The summed E-state index contributed by atoms with van der Waals surface area (Å²) in [7, 11) is 0. The Morgan fingerprint density at radius 2 is 1.93 bits per heavy atom. The van der Waals surface area contributed by atoms with Gasteiger partial charge in [0.25, 0.3) is 0 Å². The zero-order valence-corrected chi connectivity index (χ0v) is 16.1. The van der Waals surface area contributed by atoms with Crippen LogP contribution in [-0.2, 0) is 16.0 Å². The molecule has 3 atom stereocenters. The third-order valence-electron chi connectivity index (χ3n) is 6.55. The average molecular weight is 365 g/mol. The van der Waals surface area contributed by atoms with E-state index in [4.69, 9.17) is 0 Å². The van der Waals surface area contributed by atoms with Gasteiger partial charge in [0.1, 0.15) is 12.1 Å². The van der Waals surface area contributed by atoms with Gasteiger partial charge in [0.15, 0.2) is 0 Å². The molecule has 5 heteroatoms. The molecule has 1 aromatic heterocycles. The van der Waals surface area contributed by atoms with E-state index < -0.39 is 0 Å². The molecular weight excluding hydrogens is 338 g/mol. The number of H-pyrrole nitrogens is 1. The van der Waals surface area contributed by atoms with Gasteiger partial charge in [0.05, 0.1) is 6.04 Å². The summed E-state index contributed by atoms with van der Waals surface area (Å²) in [4.78, 5) is 34.3. The number of aromatic amines is 1. The highest BCUT2D eigenvalue weighted by Crippen LogP contribution is 2.43. The van der Waals surface area contributed by atoms with Gasteiger partial charge in [-0.25, -0.2) is 0 Å². The van der Waals surface area contributed by atoms with Crippen LogP contribution < -0.4 is 0 Å². The number of para-hydroxylation sites is 1. The van der Waals surface area contributed by atoms with Crippen LogP contribution in [0, 0.1) is 5.92 Å². The molecule has 0 saturated carbocycles. The third kappa shape index (κ3) is 2.43. The molecule has 2 saturated heterocycles. The van der Waals surface area contributed by atoms with Crippen molar-refractivity contribution in [3.63, 3.8) is 0 Å². The van der Waals surface area contributed by atoms with E-state index in [9.17, 15) is 9.59 Å². The molecule has 5 rings (SSSR count). The number of nitrogens with one attached hydrogen (secondary N) is 1. The fraction of sp³-hybridized carbons (Fsp3) is 0.545. The van der Waals surface area contributed by atoms with E-state index in [1.54, 1.807) is 0 Å². The van der Waals surface area contributed by atoms with Crippen molar-refractivity contribution >= 4 is 22.7 Å². The van der Waals surface area contributed by atoms with Crippen LogP contribution in [0.25, 0.3) is 10.9 Å². The first-order chi connectivity index (χ1) is 13.1. The number of piperidine rings is 1. The standard InChI is InChI=1S/C22H27N3O2/c1-13(2)11-18-20-15(14-7-3-4-8-16(14)23-20)12-19-21(26)24-10-6-5-9-17(24)22(27)25(18)19/h3-4,7-8,13,17-19,23H,5-6,9-12H2,1-2H3/t17-,18+,19+/m1/s1. The molecule has 0 radical (unpaired) electrons. The Bertz CT molecular complexity index is 915. The van der Waals surface area contributed by atoms with Gasteiger partial charge in [-0.15, -0.1) is 0 Å². The maximum atomic E-state index is 13.5. The zero-order chi connectivity index (χ0) is 18.7. The molecular formula is C22H27N3O2. The maximum absolute atomic E-state index is 13.5. The topological polar surface area (TPSA) is 56.4 Å². The van der Waals surface area contributed by atoms with Gasteiger partial charge in [-0.2, -0.15) is 0 Å². The number of fused-ring (bicyclic) bond motifs is 5. The van der Waals surface area contributed by atoms with Crippen LogP contribution in [0.3, 0.4) is 0 Å². The lowest BCUT2D eigenvalue weighted by molar-refractivity contribution is -0.168. The van der Waals surface area contributed by atoms with Crippen LogP contribution in [-0.4, -0.2) is 45.2 Å². The lowest BCUT2D eigenvalue weighted by Crippen LogP contribution is -2.67. The molecule has 4 heterocycles. The number of carbonyl (C=O) groups is 2. The van der Waals surface area contributed by atoms with E-state index in [0.717, 1.165) is 43.4 Å². The Labute approximate surface area is 159 Å². The second kappa shape index (κ2) is 6.11. The minimum absolute atomic E-state index is 0.0355. The number of benzene rings is 1. The first kappa shape index (κ1) is 16.8. The SMILES string of the molecule is CC(C)C[C@H]1c2[nH]c3ccccc3c2C[C@H]2C(=O)N3CCCC[C@@H]3C(=O)N21. The summed E-state index contributed by atoms with van der Waals surface area (Å²) in [5.74, 6) is 0.763. The van der Waals surface area contributed by atoms with E-state index in [1.165, 1.54) is 10.9 Å². The minimum Gasteiger partial charge on any atom is -0.356 e. The van der Waals surface area contributed by atoms with E-state index in [0.29, 0.717) is 12.3 Å². The number of amides is 2. The summed E-state index contributed by atoms with van der Waals surface area (Å²) >= 11 is 0. The molecule has 3 aliphatic rings. The fourth-order valence-electron chi connectivity index (χ4n) is 5.38. The molecule has 2 fully saturated rings. The lowest BCUT2D eigenvalue weighted by Gasteiger charge is -2.51. The first-order valence-corrected chi connectivity index (χ1v) is 10.3. The summed E-state index contributed by atoms with van der Waals surface area (Å²) < 4.78 is 0. The Kier molecular flexibility index (Phi) is 3.81. The molecule has 0 unspecified atom stereocenters. The predicted molar refractivity (Wildman–Crippen MR) is 104 cm³/mol. The van der Waals surface area contributed by atoms with Gasteiger partial charge in [-0.05, 0) is 43.2 Å². The van der Waals surface area contributed by atoms with Gasteiger partial charge in [-0.1, -0.05) is 32.0 Å². The lowest BCUT2D eigenvalue weighted by atomic mass is 9.83. The largest absolute Gasteiger partial charge is 0.356 e. The Morgan fingerprint density at radius 1 is 1.11 bits per heavy atom. The highest BCUT2D eigenvalue weighted by atomic mass is 16.2. The van der Waals surface area contributed by atoms with Crippen LogP contribution in [0.4, 0.5) is 0 Å². The van der Waals surface area contributed by atoms with Crippen LogP contribution in [0.15, 0.2) is 24.3 Å². The van der Waals surface area contributed by atoms with Crippen molar-refractivity contribution in [2.24, 2.45) is 5.92 Å². The van der Waals surface area contributed by atoms with Crippen molar-refractivity contribution in [2.75, 3.05) is 6.54 Å². The van der Waals surface area contributed by atoms with Crippen molar-refractivity contribution in [1.29, 1.82) is 0 Å². The monoisotopic (exact) mass is 365 g/mol. The second-order valence-corrected chi connectivity index (χ2v) is 8.72. The first-order valence-electron chi connectivity index (χ1n) is 10.3. The Morgan fingerprint density at radius 3 is 2.74 bits per heavy atom. The van der Waals surface area contributed by atoms with Gasteiger partial charge in [0, 0.05) is 29.6 Å². The number of hydrogen-bond donors (Lipinski definition) is 1. The molecule has 2 aromatic rings. The number of rotatable bonds is 2. The zero-order valence-electron chi connectivity index (χ0n) is 16.1. The van der Waals surface area contributed by atoms with Gasteiger partial charge in [-0.3, -0.25) is 9.59 Å². The van der Waals surface area contributed by atoms with Gasteiger partial charge < -0.3 is 14.8 Å². The molecule has 3 aliphatic heterocycles. The van der Waals surface area contributed by atoms with E-state index in [1.807, 2.05) is 15.9 Å². The summed E-state index contributed by atoms with van der Waals surface area (Å²) in [6.45, 7) is 5.11. The van der Waals surface area contributed by atoms with Crippen molar-refractivity contribution in [3.05, 3.63) is 35.5 Å². The molecule has 5 nitrogen and oxygen atoms in total. The fourth-order valence-corrected chi connectivity index (χ4v) is 5.38. The minimum atomic E-state index is -0.345. The molecule has 1 aromatic carbocycles. The van der Waals surface area contributed by atoms with Crippen LogP contribution in [0.1, 0.15) is 56.8 Å². The molecule has 0 bridgehead atoms. The number of aromatic nitrogens is 1. The summed E-state index contributed by atoms with van der Waals surface area (Å²) in [5, 5.41) is 1.20. The Balaban J connectivity index is 1.66. The predicted octanol–water partition coefficient (Wildman–Crippen LogP) is 3.40. The molecule has 142 valence electrons. The third-order valence-corrected chi connectivity index (χ3v) is 6.55. The van der Waals surface area contributed by atoms with Crippen molar-refractivity contribution in [3.8, 4) is 0 Å². The van der Waals surface area contributed by atoms with Crippen LogP contribution >= 0.6 is 0 Å². The van der Waals surface area contributed by atoms with Crippen molar-refractivity contribution < 1.29 is 9.59 Å². The number of hydrogen-bond acceptors (Lipinski definition) is 2. The summed E-state index contributed by atoms with van der Waals surface area (Å²) in [6.07, 6.45) is 4.35. The maximum Gasteiger partial charge on any atom is 0.246 e. The molecule has 0 aliphatic carbocycles. The second-order valence-electron chi connectivity index (χ2n) is 8.72. The smallest absolute Gasteiger partial charge is 0.246 e. The number of nitrogens with zero attached hydrogens (tertiary/aromatic N) is 2. The molecule has 0 spiro atoms. The van der Waals surface area contributed by atoms with Crippen molar-refractivity contribution in [2.45, 2.75) is 64.1 Å². The van der Waals surface area contributed by atoms with E-state index in [-0.39, 0.29) is 29.9 Å². The molecule has 2 amide bonds. The van der Waals surface area contributed by atoms with Crippen LogP contribution in [0.5, 0.6) is 0 Å². The number of piperazine rings is 1.